The van der Waals surface area contributed by atoms with E-state index < -0.39 is 0 Å². The molecule has 1 amide bonds. The number of para-hydroxylation sites is 1. The molecule has 0 saturated heterocycles. The molecule has 33 heavy (non-hydrogen) atoms. The fourth-order valence-corrected chi connectivity index (χ4v) is 3.97. The zero-order valence-electron chi connectivity index (χ0n) is 18.2. The number of nitrogens with zero attached hydrogens (tertiary/aromatic N) is 3. The molecule has 0 bridgehead atoms. The lowest BCUT2D eigenvalue weighted by Gasteiger charge is -2.13. The number of methoxy groups -OCH3 is 1. The smallest absolute Gasteiger partial charge is 0.266 e. The molecule has 0 saturated carbocycles. The minimum Gasteiger partial charge on any atom is -0.497 e. The molecule has 4 aromatic rings. The van der Waals surface area contributed by atoms with Gasteiger partial charge in [0.1, 0.15) is 5.75 Å². The van der Waals surface area contributed by atoms with Gasteiger partial charge in [-0.25, -0.2) is 10.4 Å². The van der Waals surface area contributed by atoms with Crippen molar-refractivity contribution in [1.82, 2.24) is 15.0 Å². The quantitative estimate of drug-likeness (QED) is 0.196. The van der Waals surface area contributed by atoms with Gasteiger partial charge in [-0.05, 0) is 48.9 Å². The molecule has 166 valence electrons. The molecule has 0 fully saturated rings. The van der Waals surface area contributed by atoms with E-state index in [4.69, 9.17) is 4.74 Å². The highest BCUT2D eigenvalue weighted by atomic mass is 32.2. The zero-order chi connectivity index (χ0) is 23.2. The van der Waals surface area contributed by atoms with Crippen LogP contribution in [0.3, 0.4) is 0 Å². The largest absolute Gasteiger partial charge is 0.497 e. The molecular formula is C25H22N4O3S. The molecule has 0 aliphatic heterocycles. The number of rotatable bonds is 7. The molecule has 7 nitrogen and oxygen atoms in total. The van der Waals surface area contributed by atoms with Gasteiger partial charge in [0.05, 0.1) is 35.7 Å². The maximum atomic E-state index is 13.3. The number of nitrogens with one attached hydrogen (secondary N) is 1. The molecule has 0 spiro atoms. The molecule has 0 atom stereocenters. The Hall–Kier alpha value is -3.91. The monoisotopic (exact) mass is 458 g/mol. The third kappa shape index (κ3) is 5.30. The summed E-state index contributed by atoms with van der Waals surface area (Å²) >= 11 is 1.17. The molecule has 0 aliphatic rings. The van der Waals surface area contributed by atoms with Crippen LogP contribution in [0.1, 0.15) is 11.1 Å². The molecule has 3 aromatic carbocycles. The SMILES string of the molecule is COc1ccc(-n2c(SCC(=O)NN=Cc3ccc(C)cc3)nc3ccccc3c2=O)cc1. The summed E-state index contributed by atoms with van der Waals surface area (Å²) in [5.41, 5.74) is 5.57. The molecule has 0 unspecified atom stereocenters. The van der Waals surface area contributed by atoms with Crippen LogP contribution in [0, 0.1) is 6.92 Å². The number of thioether (sulfide) groups is 1. The Bertz CT molecular complexity index is 1360. The van der Waals surface area contributed by atoms with Crippen molar-refractivity contribution < 1.29 is 9.53 Å². The third-order valence-corrected chi connectivity index (χ3v) is 5.83. The molecule has 1 N–H and O–H groups in total. The van der Waals surface area contributed by atoms with Crippen LogP contribution in [0.15, 0.2) is 87.8 Å². The summed E-state index contributed by atoms with van der Waals surface area (Å²) in [6, 6.07) is 22.1. The first kappa shape index (κ1) is 22.3. The number of carbonyl (C=O) groups is 1. The van der Waals surface area contributed by atoms with Crippen LogP contribution in [0.4, 0.5) is 0 Å². The van der Waals surface area contributed by atoms with Crippen molar-refractivity contribution in [2.24, 2.45) is 5.10 Å². The van der Waals surface area contributed by atoms with E-state index in [2.05, 4.69) is 15.5 Å². The highest BCUT2D eigenvalue weighted by molar-refractivity contribution is 7.99. The summed E-state index contributed by atoms with van der Waals surface area (Å²) in [7, 11) is 1.58. The minimum atomic E-state index is -0.299. The Morgan fingerprint density at radius 3 is 2.55 bits per heavy atom. The van der Waals surface area contributed by atoms with E-state index in [1.54, 1.807) is 55.8 Å². The molecule has 4 rings (SSSR count). The lowest BCUT2D eigenvalue weighted by Crippen LogP contribution is -2.24. The van der Waals surface area contributed by atoms with Gasteiger partial charge in [-0.2, -0.15) is 5.10 Å². The highest BCUT2D eigenvalue weighted by Gasteiger charge is 2.15. The predicted molar refractivity (Wildman–Crippen MR) is 132 cm³/mol. The second kappa shape index (κ2) is 10.1. The van der Waals surface area contributed by atoms with Gasteiger partial charge in [0.2, 0.25) is 0 Å². The van der Waals surface area contributed by atoms with Crippen LogP contribution in [0.2, 0.25) is 0 Å². The van der Waals surface area contributed by atoms with E-state index in [1.807, 2.05) is 37.3 Å². The number of amides is 1. The van der Waals surface area contributed by atoms with Crippen molar-refractivity contribution in [3.8, 4) is 11.4 Å². The molecule has 1 aromatic heterocycles. The highest BCUT2D eigenvalue weighted by Crippen LogP contribution is 2.22. The predicted octanol–water partition coefficient (Wildman–Crippen LogP) is 3.95. The topological polar surface area (TPSA) is 85.6 Å². The van der Waals surface area contributed by atoms with Crippen LogP contribution < -0.4 is 15.7 Å². The van der Waals surface area contributed by atoms with E-state index in [1.165, 1.54) is 16.3 Å². The van der Waals surface area contributed by atoms with Gasteiger partial charge < -0.3 is 4.74 Å². The van der Waals surface area contributed by atoms with E-state index in [-0.39, 0.29) is 17.2 Å². The molecule has 1 heterocycles. The molecular weight excluding hydrogens is 436 g/mol. The molecule has 0 radical (unpaired) electrons. The van der Waals surface area contributed by atoms with Crippen LogP contribution in [0.5, 0.6) is 5.75 Å². The minimum absolute atomic E-state index is 0.0478. The van der Waals surface area contributed by atoms with E-state index >= 15 is 0 Å². The number of fused-ring (bicyclic) bond motifs is 1. The summed E-state index contributed by atoms with van der Waals surface area (Å²) in [4.78, 5) is 30.3. The number of aryl methyl sites for hydroxylation is 1. The van der Waals surface area contributed by atoms with Crippen molar-refractivity contribution in [2.45, 2.75) is 12.1 Å². The standard InChI is InChI=1S/C25H22N4O3S/c1-17-7-9-18(10-8-17)15-26-28-23(30)16-33-25-27-22-6-4-3-5-21(22)24(31)29(25)19-11-13-20(32-2)14-12-19/h3-15H,16H2,1-2H3,(H,28,30). The van der Waals surface area contributed by atoms with Crippen LogP contribution in [-0.4, -0.2) is 34.5 Å². The van der Waals surface area contributed by atoms with Crippen molar-refractivity contribution in [2.75, 3.05) is 12.9 Å². The van der Waals surface area contributed by atoms with Crippen LogP contribution in [0.25, 0.3) is 16.6 Å². The van der Waals surface area contributed by atoms with E-state index in [0.717, 1.165) is 11.1 Å². The lowest BCUT2D eigenvalue weighted by molar-refractivity contribution is -0.118. The Morgan fingerprint density at radius 2 is 1.82 bits per heavy atom. The number of hydrazone groups is 1. The number of hydrogen-bond donors (Lipinski definition) is 1. The van der Waals surface area contributed by atoms with Crippen molar-refractivity contribution >= 4 is 34.8 Å². The van der Waals surface area contributed by atoms with Gasteiger partial charge in [-0.3, -0.25) is 14.2 Å². The fourth-order valence-electron chi connectivity index (χ4n) is 3.16. The van der Waals surface area contributed by atoms with Crippen molar-refractivity contribution in [1.29, 1.82) is 0 Å². The Morgan fingerprint density at radius 1 is 1.09 bits per heavy atom. The Balaban J connectivity index is 1.56. The normalized spacial score (nSPS) is 11.1. The average Bonchev–Trinajstić information content (AvgIpc) is 2.84. The van der Waals surface area contributed by atoms with E-state index in [0.29, 0.717) is 27.5 Å². The summed E-state index contributed by atoms with van der Waals surface area (Å²) in [6.07, 6.45) is 1.59. The van der Waals surface area contributed by atoms with Gasteiger partial charge in [0, 0.05) is 0 Å². The third-order valence-electron chi connectivity index (χ3n) is 4.89. The zero-order valence-corrected chi connectivity index (χ0v) is 19.0. The van der Waals surface area contributed by atoms with Gasteiger partial charge in [-0.15, -0.1) is 0 Å². The summed E-state index contributed by atoms with van der Waals surface area (Å²) < 4.78 is 6.72. The first-order chi connectivity index (χ1) is 16.0. The Labute approximate surface area is 195 Å². The number of carbonyl (C=O) groups excluding carboxylic acids is 1. The van der Waals surface area contributed by atoms with Crippen LogP contribution >= 0.6 is 11.8 Å². The number of benzene rings is 3. The second-order valence-corrected chi connectivity index (χ2v) is 8.19. The first-order valence-corrected chi connectivity index (χ1v) is 11.2. The maximum Gasteiger partial charge on any atom is 0.266 e. The van der Waals surface area contributed by atoms with Crippen molar-refractivity contribution in [3.05, 3.63) is 94.3 Å². The van der Waals surface area contributed by atoms with E-state index in [9.17, 15) is 9.59 Å². The lowest BCUT2D eigenvalue weighted by atomic mass is 10.2. The number of ether oxygens (including phenoxy) is 1. The molecule has 0 aliphatic carbocycles. The number of hydrogen-bond acceptors (Lipinski definition) is 6. The first-order valence-electron chi connectivity index (χ1n) is 10.2. The van der Waals surface area contributed by atoms with Crippen molar-refractivity contribution in [3.63, 3.8) is 0 Å². The van der Waals surface area contributed by atoms with Crippen LogP contribution in [-0.2, 0) is 4.79 Å². The second-order valence-electron chi connectivity index (χ2n) is 7.24. The fraction of sp³-hybridized carbons (Fsp3) is 0.120. The van der Waals surface area contributed by atoms with Gasteiger partial charge in [0.25, 0.3) is 11.5 Å². The van der Waals surface area contributed by atoms with Gasteiger partial charge in [0.15, 0.2) is 5.16 Å². The average molecular weight is 459 g/mol. The summed E-state index contributed by atoms with van der Waals surface area (Å²) in [5, 5.41) is 4.93. The summed E-state index contributed by atoms with van der Waals surface area (Å²) in [6.45, 7) is 2.01. The maximum absolute atomic E-state index is 13.3. The van der Waals surface area contributed by atoms with Gasteiger partial charge >= 0.3 is 0 Å². The Kier molecular flexibility index (Phi) is 6.85. The van der Waals surface area contributed by atoms with Gasteiger partial charge in [-0.1, -0.05) is 53.7 Å². The molecule has 8 heteroatoms. The number of aromatic nitrogens is 2. The summed E-state index contributed by atoms with van der Waals surface area (Å²) in [5.74, 6) is 0.430.